The van der Waals surface area contributed by atoms with Gasteiger partial charge in [0.25, 0.3) is 0 Å². The molecule has 0 amide bonds. The summed E-state index contributed by atoms with van der Waals surface area (Å²) in [6, 6.07) is 1.77. The maximum absolute atomic E-state index is 13.4. The number of benzene rings is 1. The van der Waals surface area contributed by atoms with E-state index in [2.05, 4.69) is 34.7 Å². The van der Waals surface area contributed by atoms with Crippen LogP contribution in [0.1, 0.15) is 15.9 Å². The number of nitrogens with zero attached hydrogens (tertiary/aromatic N) is 3. The number of carbonyl (C=O) groups is 1. The Bertz CT molecular complexity index is 797. The number of nitrogens with two attached hydrogens (primary N) is 1. The second-order valence-electron chi connectivity index (χ2n) is 6.84. The maximum Gasteiger partial charge on any atom is 0.417 e. The third-order valence-corrected chi connectivity index (χ3v) is 4.62. The van der Waals surface area contributed by atoms with Gasteiger partial charge in [-0.25, -0.2) is 4.79 Å². The molecule has 2 rings (SSSR count). The van der Waals surface area contributed by atoms with E-state index in [0.29, 0.717) is 6.17 Å². The number of carbonyl (C=O) groups excluding carboxylic acids is 1. The van der Waals surface area contributed by atoms with Gasteiger partial charge in [0.05, 0.1) is 32.5 Å². The number of ether oxygens (including phenoxy) is 1. The minimum atomic E-state index is -4.65. The molecule has 6 nitrogen and oxygen atoms in total. The third-order valence-electron chi connectivity index (χ3n) is 3.35. The molecule has 0 unspecified atom stereocenters. The monoisotopic (exact) mass is 372 g/mol. The molecule has 10 heteroatoms. The van der Waals surface area contributed by atoms with Gasteiger partial charge in [-0.2, -0.15) is 13.2 Å². The SMILES string of the molecule is COC(=O)c1cc(-c2cn(C[Si](C)(C)C)nn2)c(C(F)(F)F)cc1N. The molecule has 2 N–H and O–H groups in total. The summed E-state index contributed by atoms with van der Waals surface area (Å²) >= 11 is 0. The zero-order chi connectivity index (χ0) is 19.0. The molecule has 0 radical (unpaired) electrons. The highest BCUT2D eigenvalue weighted by Crippen LogP contribution is 2.39. The van der Waals surface area contributed by atoms with Gasteiger partial charge in [0.1, 0.15) is 5.69 Å². The minimum Gasteiger partial charge on any atom is -0.465 e. The Hall–Kier alpha value is -2.36. The molecule has 1 aromatic heterocycles. The van der Waals surface area contributed by atoms with Gasteiger partial charge in [-0.15, -0.1) is 5.10 Å². The molecule has 2 aromatic rings. The molecule has 0 aliphatic heterocycles. The Balaban J connectivity index is 2.60. The van der Waals surface area contributed by atoms with Gasteiger partial charge in [-0.3, -0.25) is 4.68 Å². The molecular weight excluding hydrogens is 353 g/mol. The van der Waals surface area contributed by atoms with Crippen LogP contribution in [0.4, 0.5) is 18.9 Å². The highest BCUT2D eigenvalue weighted by atomic mass is 28.3. The summed E-state index contributed by atoms with van der Waals surface area (Å²) in [5.74, 6) is -0.818. The maximum atomic E-state index is 13.4. The smallest absolute Gasteiger partial charge is 0.417 e. The molecule has 0 spiro atoms. The van der Waals surface area contributed by atoms with E-state index in [1.165, 1.54) is 10.9 Å². The quantitative estimate of drug-likeness (QED) is 0.506. The Kier molecular flexibility index (Phi) is 4.94. The van der Waals surface area contributed by atoms with Crippen LogP contribution in [0.5, 0.6) is 0 Å². The summed E-state index contributed by atoms with van der Waals surface area (Å²) in [6.45, 7) is 6.32. The number of methoxy groups -OCH3 is 1. The molecular formula is C15H19F3N4O2Si. The van der Waals surface area contributed by atoms with Crippen molar-refractivity contribution in [2.75, 3.05) is 12.8 Å². The molecule has 0 aliphatic rings. The molecule has 25 heavy (non-hydrogen) atoms. The van der Waals surface area contributed by atoms with Gasteiger partial charge in [-0.1, -0.05) is 24.9 Å². The van der Waals surface area contributed by atoms with Crippen LogP contribution < -0.4 is 5.73 Å². The fraction of sp³-hybridized carbons (Fsp3) is 0.400. The zero-order valence-electron chi connectivity index (χ0n) is 14.3. The topological polar surface area (TPSA) is 83.0 Å². The molecule has 136 valence electrons. The predicted octanol–water partition coefficient (Wildman–Crippen LogP) is 3.21. The van der Waals surface area contributed by atoms with Crippen molar-refractivity contribution in [1.82, 2.24) is 15.0 Å². The second kappa shape index (κ2) is 6.51. The lowest BCUT2D eigenvalue weighted by atomic mass is 9.99. The molecule has 0 atom stereocenters. The number of anilines is 1. The number of hydrogen-bond donors (Lipinski definition) is 1. The van der Waals surface area contributed by atoms with Gasteiger partial charge in [-0.05, 0) is 12.1 Å². The summed E-state index contributed by atoms with van der Waals surface area (Å²) in [5.41, 5.74) is 3.93. The lowest BCUT2D eigenvalue weighted by molar-refractivity contribution is -0.137. The van der Waals surface area contributed by atoms with Crippen molar-refractivity contribution in [3.05, 3.63) is 29.5 Å². The number of rotatable bonds is 4. The average Bonchev–Trinajstić information content (AvgIpc) is 2.91. The van der Waals surface area contributed by atoms with Gasteiger partial charge >= 0.3 is 12.1 Å². The van der Waals surface area contributed by atoms with E-state index in [4.69, 9.17) is 5.73 Å². The summed E-state index contributed by atoms with van der Waals surface area (Å²) in [4.78, 5) is 11.8. The minimum absolute atomic E-state index is 0.0238. The Morgan fingerprint density at radius 1 is 1.32 bits per heavy atom. The molecule has 1 aromatic carbocycles. The van der Waals surface area contributed by atoms with Crippen LogP contribution in [0.15, 0.2) is 18.3 Å². The van der Waals surface area contributed by atoms with Crippen LogP contribution in [0.3, 0.4) is 0 Å². The van der Waals surface area contributed by atoms with E-state index in [0.717, 1.165) is 19.2 Å². The van der Waals surface area contributed by atoms with Gasteiger partial charge < -0.3 is 10.5 Å². The van der Waals surface area contributed by atoms with Gasteiger partial charge in [0, 0.05) is 17.4 Å². The summed E-state index contributed by atoms with van der Waals surface area (Å²) < 4.78 is 46.3. The second-order valence-corrected chi connectivity index (χ2v) is 12.3. The van der Waals surface area contributed by atoms with Crippen molar-refractivity contribution in [3.8, 4) is 11.3 Å². The third kappa shape index (κ3) is 4.38. The van der Waals surface area contributed by atoms with Crippen molar-refractivity contribution in [2.45, 2.75) is 32.0 Å². The predicted molar refractivity (Wildman–Crippen MR) is 89.6 cm³/mol. The van der Waals surface area contributed by atoms with Gasteiger partial charge in [0.15, 0.2) is 0 Å². The van der Waals surface area contributed by atoms with Crippen molar-refractivity contribution in [2.24, 2.45) is 0 Å². The standard InChI is InChI=1S/C15H19F3N4O2Si/c1-24-14(23)10-5-9(11(6-12(10)19)15(16,17)18)13-7-22(21-20-13)8-25(2,3)4/h5-7H,8,19H2,1-4H3. The van der Waals surface area contributed by atoms with E-state index in [1.54, 1.807) is 0 Å². The molecule has 0 saturated heterocycles. The summed E-state index contributed by atoms with van der Waals surface area (Å²) in [5, 5.41) is 7.75. The fourth-order valence-corrected chi connectivity index (χ4v) is 3.46. The van der Waals surface area contributed by atoms with E-state index < -0.39 is 25.8 Å². The molecule has 0 bridgehead atoms. The zero-order valence-corrected chi connectivity index (χ0v) is 15.3. The van der Waals surface area contributed by atoms with Crippen molar-refractivity contribution in [3.63, 3.8) is 0 Å². The van der Waals surface area contributed by atoms with E-state index >= 15 is 0 Å². The van der Waals surface area contributed by atoms with E-state index in [9.17, 15) is 18.0 Å². The van der Waals surface area contributed by atoms with Crippen LogP contribution >= 0.6 is 0 Å². The van der Waals surface area contributed by atoms with E-state index in [1.807, 2.05) is 0 Å². The highest BCUT2D eigenvalue weighted by Gasteiger charge is 2.36. The Morgan fingerprint density at radius 2 is 1.96 bits per heavy atom. The number of aromatic nitrogens is 3. The summed E-state index contributed by atoms with van der Waals surface area (Å²) in [6.07, 6.45) is -2.60. The Morgan fingerprint density at radius 3 is 2.48 bits per heavy atom. The van der Waals surface area contributed by atoms with Crippen molar-refractivity contribution >= 4 is 19.7 Å². The number of esters is 1. The number of hydrogen-bond acceptors (Lipinski definition) is 5. The number of nitrogen functional groups attached to an aromatic ring is 1. The fourth-order valence-electron chi connectivity index (χ4n) is 2.33. The van der Waals surface area contributed by atoms with Crippen LogP contribution in [0, 0.1) is 0 Å². The van der Waals surface area contributed by atoms with Crippen LogP contribution in [-0.4, -0.2) is 36.1 Å². The first-order chi connectivity index (χ1) is 11.4. The average molecular weight is 372 g/mol. The van der Waals surface area contributed by atoms with Crippen LogP contribution in [0.25, 0.3) is 11.3 Å². The van der Waals surface area contributed by atoms with Crippen LogP contribution in [-0.2, 0) is 17.1 Å². The first-order valence-electron chi connectivity index (χ1n) is 7.42. The lowest BCUT2D eigenvalue weighted by Gasteiger charge is -2.15. The first-order valence-corrected chi connectivity index (χ1v) is 11.1. The van der Waals surface area contributed by atoms with Crippen molar-refractivity contribution in [1.29, 1.82) is 0 Å². The van der Waals surface area contributed by atoms with E-state index in [-0.39, 0.29) is 22.5 Å². The number of halogens is 3. The molecule has 0 saturated carbocycles. The van der Waals surface area contributed by atoms with Crippen LogP contribution in [0.2, 0.25) is 19.6 Å². The highest BCUT2D eigenvalue weighted by molar-refractivity contribution is 6.74. The largest absolute Gasteiger partial charge is 0.465 e. The molecule has 1 heterocycles. The molecule has 0 aliphatic carbocycles. The van der Waals surface area contributed by atoms with Crippen molar-refractivity contribution < 1.29 is 22.7 Å². The Labute approximate surface area is 143 Å². The normalized spacial score (nSPS) is 12.3. The number of alkyl halides is 3. The van der Waals surface area contributed by atoms with Gasteiger partial charge in [0.2, 0.25) is 0 Å². The molecule has 0 fully saturated rings. The summed E-state index contributed by atoms with van der Waals surface area (Å²) in [7, 11) is -0.407. The first kappa shape index (κ1) is 19.0. The lowest BCUT2D eigenvalue weighted by Crippen LogP contribution is -2.28.